The Morgan fingerprint density at radius 2 is 1.91 bits per heavy atom. The lowest BCUT2D eigenvalue weighted by Gasteiger charge is -2.40. The Hall–Kier alpha value is -0.533. The van der Waals surface area contributed by atoms with E-state index in [2.05, 4.69) is 33.9 Å². The summed E-state index contributed by atoms with van der Waals surface area (Å²) in [5.41, 5.74) is 1.61. The maximum Gasteiger partial charge on any atom is 0.192 e. The van der Waals surface area contributed by atoms with Gasteiger partial charge < -0.3 is 18.6 Å². The molecule has 0 aromatic rings. The number of rotatable bonds is 3. The minimum absolute atomic E-state index is 0.0480. The number of Topliss-reactive ketones (excluding diaryl/α,β-unsaturated/α-hetero) is 1. The number of ether oxygens (including phenoxy) is 3. The molecule has 2 heterocycles. The van der Waals surface area contributed by atoms with Crippen molar-refractivity contribution in [3.63, 3.8) is 0 Å². The van der Waals surface area contributed by atoms with Gasteiger partial charge in [0.15, 0.2) is 19.9 Å². The quantitative estimate of drug-likeness (QED) is 0.584. The van der Waals surface area contributed by atoms with Crippen LogP contribution in [-0.4, -0.2) is 51.4 Å². The van der Waals surface area contributed by atoms with Crippen molar-refractivity contribution >= 4 is 14.1 Å². The highest BCUT2D eigenvalue weighted by molar-refractivity contribution is 6.74. The lowest BCUT2D eigenvalue weighted by Crippen LogP contribution is -2.49. The Bertz CT molecular complexity index is 558. The van der Waals surface area contributed by atoms with Crippen LogP contribution in [0.3, 0.4) is 0 Å². The number of fused-ring (bicyclic) bond motifs is 3. The summed E-state index contributed by atoms with van der Waals surface area (Å²) < 4.78 is 23.6. The van der Waals surface area contributed by atoms with Crippen LogP contribution in [0.15, 0.2) is 11.1 Å². The molecule has 0 aromatic heterocycles. The van der Waals surface area contributed by atoms with Crippen LogP contribution in [0.4, 0.5) is 0 Å². The van der Waals surface area contributed by atoms with Gasteiger partial charge in [-0.3, -0.25) is 4.79 Å². The summed E-state index contributed by atoms with van der Waals surface area (Å²) in [5.74, 6) is -0.594. The molecule has 0 N–H and O–H groups in total. The number of epoxide rings is 1. The minimum Gasteiger partial charge on any atom is -0.412 e. The van der Waals surface area contributed by atoms with E-state index in [9.17, 15) is 4.79 Å². The Kier molecular flexibility index (Phi) is 3.93. The molecule has 2 saturated heterocycles. The van der Waals surface area contributed by atoms with E-state index in [1.807, 2.05) is 13.8 Å². The largest absolute Gasteiger partial charge is 0.412 e. The fraction of sp³-hybridized carbons (Fsp3) is 0.824. The van der Waals surface area contributed by atoms with Gasteiger partial charge in [-0.05, 0) is 37.6 Å². The van der Waals surface area contributed by atoms with Crippen LogP contribution in [-0.2, 0) is 23.4 Å². The molecule has 0 unspecified atom stereocenters. The van der Waals surface area contributed by atoms with Crippen molar-refractivity contribution in [3.8, 4) is 0 Å². The monoisotopic (exact) mass is 340 g/mol. The predicted octanol–water partition coefficient (Wildman–Crippen LogP) is 2.81. The molecule has 0 aromatic carbocycles. The first-order valence-corrected chi connectivity index (χ1v) is 11.2. The average Bonchev–Trinajstić information content (AvgIpc) is 3.17. The van der Waals surface area contributed by atoms with Crippen LogP contribution in [0.5, 0.6) is 0 Å². The van der Waals surface area contributed by atoms with Gasteiger partial charge in [0.1, 0.15) is 18.3 Å². The van der Waals surface area contributed by atoms with Gasteiger partial charge in [-0.1, -0.05) is 20.8 Å². The van der Waals surface area contributed by atoms with Gasteiger partial charge in [0, 0.05) is 5.57 Å². The van der Waals surface area contributed by atoms with Crippen LogP contribution in [0.2, 0.25) is 18.1 Å². The molecule has 3 atom stereocenters. The summed E-state index contributed by atoms with van der Waals surface area (Å²) >= 11 is 0. The molecule has 0 spiro atoms. The van der Waals surface area contributed by atoms with E-state index in [0.29, 0.717) is 18.8 Å². The summed E-state index contributed by atoms with van der Waals surface area (Å²) in [6.07, 6.45) is -0.674. The highest BCUT2D eigenvalue weighted by Gasteiger charge is 2.59. The third kappa shape index (κ3) is 3.07. The predicted molar refractivity (Wildman–Crippen MR) is 88.7 cm³/mol. The molecule has 1 aliphatic carbocycles. The SMILES string of the molecule is CC1(C)OCC2=C(CO[Si](C)(C)C(C)(C)C)C(=O)[C@@H]3O[C@@H]3[C@H]2O1. The first kappa shape index (κ1) is 17.3. The average molecular weight is 340 g/mol. The molecule has 3 rings (SSSR count). The van der Waals surface area contributed by atoms with Crippen LogP contribution < -0.4 is 0 Å². The molecule has 2 fully saturated rings. The maximum atomic E-state index is 12.6. The number of carbonyl (C=O) groups is 1. The Labute approximate surface area is 139 Å². The molecular formula is C17H28O5Si. The number of ketones is 1. The zero-order valence-electron chi connectivity index (χ0n) is 15.2. The van der Waals surface area contributed by atoms with Gasteiger partial charge in [-0.25, -0.2) is 0 Å². The maximum absolute atomic E-state index is 12.6. The molecule has 0 amide bonds. The summed E-state index contributed by atoms with van der Waals surface area (Å²) in [6.45, 7) is 15.5. The van der Waals surface area contributed by atoms with Crippen LogP contribution in [0.25, 0.3) is 0 Å². The standard InChI is InChI=1S/C17H28O5Si/c1-16(2,3)23(6,7)20-9-10-11-8-19-17(4,5)22-13(11)15-14(21-15)12(10)18/h13-15H,8-9H2,1-7H3/t13-,14-,15+/m0/s1. The first-order valence-electron chi connectivity index (χ1n) is 8.30. The fourth-order valence-electron chi connectivity index (χ4n) is 2.80. The molecule has 5 nitrogen and oxygen atoms in total. The molecule has 0 bridgehead atoms. The molecule has 0 radical (unpaired) electrons. The molecular weight excluding hydrogens is 312 g/mol. The summed E-state index contributed by atoms with van der Waals surface area (Å²) in [7, 11) is -1.92. The lowest BCUT2D eigenvalue weighted by molar-refractivity contribution is -0.255. The lowest BCUT2D eigenvalue weighted by atomic mass is 9.88. The molecule has 23 heavy (non-hydrogen) atoms. The fourth-order valence-corrected chi connectivity index (χ4v) is 3.73. The van der Waals surface area contributed by atoms with Crippen LogP contribution in [0.1, 0.15) is 34.6 Å². The van der Waals surface area contributed by atoms with Crippen molar-refractivity contribution in [2.45, 2.75) is 76.8 Å². The van der Waals surface area contributed by atoms with E-state index < -0.39 is 14.1 Å². The summed E-state index contributed by atoms with van der Waals surface area (Å²) in [4.78, 5) is 12.6. The van der Waals surface area contributed by atoms with E-state index in [-0.39, 0.29) is 29.1 Å². The molecule has 6 heteroatoms. The number of hydrogen-bond acceptors (Lipinski definition) is 5. The van der Waals surface area contributed by atoms with Gasteiger partial charge in [0.05, 0.1) is 13.2 Å². The van der Waals surface area contributed by atoms with Crippen LogP contribution >= 0.6 is 0 Å². The van der Waals surface area contributed by atoms with Gasteiger partial charge in [0.25, 0.3) is 0 Å². The van der Waals surface area contributed by atoms with Crippen molar-refractivity contribution < 1.29 is 23.4 Å². The normalized spacial score (nSPS) is 33.3. The van der Waals surface area contributed by atoms with Crippen LogP contribution in [0, 0.1) is 0 Å². The van der Waals surface area contributed by atoms with Crippen molar-refractivity contribution in [1.82, 2.24) is 0 Å². The van der Waals surface area contributed by atoms with Gasteiger partial charge >= 0.3 is 0 Å². The summed E-state index contributed by atoms with van der Waals surface area (Å²) in [6, 6.07) is 0. The van der Waals surface area contributed by atoms with Crippen molar-refractivity contribution in [3.05, 3.63) is 11.1 Å². The van der Waals surface area contributed by atoms with E-state index >= 15 is 0 Å². The van der Waals surface area contributed by atoms with Gasteiger partial charge in [-0.15, -0.1) is 0 Å². The van der Waals surface area contributed by atoms with Crippen molar-refractivity contribution in [2.24, 2.45) is 0 Å². The van der Waals surface area contributed by atoms with Gasteiger partial charge in [-0.2, -0.15) is 0 Å². The smallest absolute Gasteiger partial charge is 0.192 e. The van der Waals surface area contributed by atoms with E-state index in [4.69, 9.17) is 18.6 Å². The summed E-state index contributed by atoms with van der Waals surface area (Å²) in [5, 5.41) is 0.107. The Balaban J connectivity index is 1.82. The minimum atomic E-state index is -1.92. The van der Waals surface area contributed by atoms with E-state index in [0.717, 1.165) is 5.57 Å². The molecule has 3 aliphatic rings. The highest BCUT2D eigenvalue weighted by atomic mass is 28.4. The zero-order valence-corrected chi connectivity index (χ0v) is 16.2. The molecule has 2 aliphatic heterocycles. The zero-order chi connectivity index (χ0) is 17.2. The highest BCUT2D eigenvalue weighted by Crippen LogP contribution is 2.44. The second-order valence-corrected chi connectivity index (χ2v) is 13.5. The van der Waals surface area contributed by atoms with E-state index in [1.54, 1.807) is 0 Å². The second-order valence-electron chi connectivity index (χ2n) is 8.67. The Morgan fingerprint density at radius 1 is 1.26 bits per heavy atom. The topological polar surface area (TPSA) is 57.3 Å². The van der Waals surface area contributed by atoms with Gasteiger partial charge in [0.2, 0.25) is 0 Å². The Morgan fingerprint density at radius 3 is 2.52 bits per heavy atom. The first-order chi connectivity index (χ1) is 10.4. The second kappa shape index (κ2) is 5.23. The third-order valence-electron chi connectivity index (χ3n) is 5.48. The number of hydrogen-bond donors (Lipinski definition) is 0. The van der Waals surface area contributed by atoms with Crippen molar-refractivity contribution in [1.29, 1.82) is 0 Å². The third-order valence-corrected chi connectivity index (χ3v) is 9.96. The molecule has 0 saturated carbocycles. The van der Waals surface area contributed by atoms with E-state index in [1.165, 1.54) is 0 Å². The molecule has 130 valence electrons. The number of carbonyl (C=O) groups excluding carboxylic acids is 1. The van der Waals surface area contributed by atoms with Crippen molar-refractivity contribution in [2.75, 3.05) is 13.2 Å².